The van der Waals surface area contributed by atoms with Gasteiger partial charge in [-0.05, 0) is 89.5 Å². The SMILES string of the molecule is CC1(C)c2ccccc2N(c2cc(-c3ccc(N(c4ccccc4)c4ccc5c(c4)oc4ccccc45)cc3)c3sc4ccccc4c3c2)c2ccccc21. The fraction of sp³-hybridized carbons (Fsp3) is 0.0588. The number of furan rings is 1. The third-order valence-electron chi connectivity index (χ3n) is 11.4. The molecule has 4 heteroatoms. The van der Waals surface area contributed by atoms with E-state index in [-0.39, 0.29) is 5.41 Å². The van der Waals surface area contributed by atoms with Crippen molar-refractivity contribution in [1.82, 2.24) is 0 Å². The number of anilines is 6. The molecule has 0 saturated carbocycles. The van der Waals surface area contributed by atoms with Gasteiger partial charge in [-0.25, -0.2) is 0 Å². The molecule has 8 aromatic carbocycles. The van der Waals surface area contributed by atoms with Crippen molar-refractivity contribution in [3.8, 4) is 11.1 Å². The summed E-state index contributed by atoms with van der Waals surface area (Å²) in [6, 6.07) is 65.9. The highest BCUT2D eigenvalue weighted by atomic mass is 32.1. The van der Waals surface area contributed by atoms with Crippen molar-refractivity contribution < 1.29 is 4.42 Å². The lowest BCUT2D eigenvalue weighted by Gasteiger charge is -2.42. The fourth-order valence-corrected chi connectivity index (χ4v) is 9.99. The van der Waals surface area contributed by atoms with Gasteiger partial charge in [0.2, 0.25) is 0 Å². The van der Waals surface area contributed by atoms with Gasteiger partial charge in [-0.1, -0.05) is 117 Å². The molecule has 2 aromatic heterocycles. The summed E-state index contributed by atoms with van der Waals surface area (Å²) in [7, 11) is 0. The van der Waals surface area contributed by atoms with Crippen LogP contribution in [0, 0.1) is 0 Å². The molecule has 1 aliphatic rings. The van der Waals surface area contributed by atoms with Crippen molar-refractivity contribution in [3.05, 3.63) is 193 Å². The van der Waals surface area contributed by atoms with Crippen molar-refractivity contribution in [3.63, 3.8) is 0 Å². The predicted octanol–water partition coefficient (Wildman–Crippen LogP) is 15.2. The minimum absolute atomic E-state index is 0.124. The highest BCUT2D eigenvalue weighted by Gasteiger charge is 2.36. The molecule has 0 saturated heterocycles. The van der Waals surface area contributed by atoms with Crippen LogP contribution < -0.4 is 9.80 Å². The summed E-state index contributed by atoms with van der Waals surface area (Å²) in [5.74, 6) is 0. The van der Waals surface area contributed by atoms with Crippen molar-refractivity contribution >= 4 is 87.6 Å². The maximum Gasteiger partial charge on any atom is 0.137 e. The average molecular weight is 725 g/mol. The first-order chi connectivity index (χ1) is 27.0. The average Bonchev–Trinajstić information content (AvgIpc) is 3.80. The monoisotopic (exact) mass is 724 g/mol. The summed E-state index contributed by atoms with van der Waals surface area (Å²) in [4.78, 5) is 4.79. The highest BCUT2D eigenvalue weighted by molar-refractivity contribution is 7.26. The second kappa shape index (κ2) is 12.2. The van der Waals surface area contributed by atoms with Crippen LogP contribution in [0.25, 0.3) is 53.2 Å². The van der Waals surface area contributed by atoms with Crippen LogP contribution in [0.1, 0.15) is 25.0 Å². The summed E-state index contributed by atoms with van der Waals surface area (Å²) in [6.45, 7) is 4.69. The van der Waals surface area contributed by atoms with Crippen molar-refractivity contribution in [2.24, 2.45) is 0 Å². The Bertz CT molecular complexity index is 3030. The van der Waals surface area contributed by atoms with Crippen LogP contribution in [0.2, 0.25) is 0 Å². The van der Waals surface area contributed by atoms with E-state index in [2.05, 4.69) is 194 Å². The number of thiophene rings is 1. The molecule has 262 valence electrons. The maximum atomic E-state index is 6.34. The highest BCUT2D eigenvalue weighted by Crippen LogP contribution is 2.53. The molecule has 11 rings (SSSR count). The minimum atomic E-state index is -0.124. The third kappa shape index (κ3) is 4.95. The molecule has 0 aliphatic carbocycles. The standard InChI is InChI=1S/C51H36N2OS/c1-51(2)43-18-8-10-20-45(43)53(46-21-11-9-19-44(46)51)37-30-41(50-42(31-37)40-17-7-13-23-49(40)55-50)33-24-26-35(27-25-33)52(34-14-4-3-5-15-34)36-28-29-39-38-16-6-12-22-47(38)54-48(39)32-36/h3-32H,1-2H3. The van der Waals surface area contributed by atoms with Crippen molar-refractivity contribution in [2.75, 3.05) is 9.80 Å². The predicted molar refractivity (Wildman–Crippen MR) is 234 cm³/mol. The quantitative estimate of drug-likeness (QED) is 0.176. The first-order valence-corrected chi connectivity index (χ1v) is 19.7. The zero-order valence-electron chi connectivity index (χ0n) is 30.5. The van der Waals surface area contributed by atoms with E-state index in [1.165, 1.54) is 53.8 Å². The first-order valence-electron chi connectivity index (χ1n) is 18.8. The Morgan fingerprint density at radius 1 is 0.491 bits per heavy atom. The molecule has 0 amide bonds. The third-order valence-corrected chi connectivity index (χ3v) is 12.6. The van der Waals surface area contributed by atoms with E-state index in [9.17, 15) is 0 Å². The van der Waals surface area contributed by atoms with Crippen molar-refractivity contribution in [2.45, 2.75) is 19.3 Å². The first kappa shape index (κ1) is 31.9. The van der Waals surface area contributed by atoms with E-state index in [1.807, 2.05) is 23.5 Å². The fourth-order valence-electron chi connectivity index (χ4n) is 8.77. The van der Waals surface area contributed by atoms with Gasteiger partial charge in [0.25, 0.3) is 0 Å². The molecule has 55 heavy (non-hydrogen) atoms. The Morgan fingerprint density at radius 3 is 1.85 bits per heavy atom. The van der Waals surface area contributed by atoms with Crippen LogP contribution in [0.5, 0.6) is 0 Å². The molecular formula is C51H36N2OS. The number of benzene rings is 8. The lowest BCUT2D eigenvalue weighted by molar-refractivity contribution is 0.632. The van der Waals surface area contributed by atoms with E-state index in [1.54, 1.807) is 0 Å². The summed E-state index contributed by atoms with van der Waals surface area (Å²) in [5, 5.41) is 4.83. The van der Waals surface area contributed by atoms with E-state index in [0.29, 0.717) is 0 Å². The second-order valence-corrected chi connectivity index (χ2v) is 16.0. The van der Waals surface area contributed by atoms with E-state index in [4.69, 9.17) is 4.42 Å². The van der Waals surface area contributed by atoms with Crippen LogP contribution in [-0.2, 0) is 5.41 Å². The Balaban J connectivity index is 1.08. The van der Waals surface area contributed by atoms with E-state index >= 15 is 0 Å². The van der Waals surface area contributed by atoms with Crippen molar-refractivity contribution in [1.29, 1.82) is 0 Å². The Kier molecular flexibility index (Phi) is 7.07. The van der Waals surface area contributed by atoms with Crippen LogP contribution in [0.3, 0.4) is 0 Å². The summed E-state index contributed by atoms with van der Waals surface area (Å²) in [6.07, 6.45) is 0. The van der Waals surface area contributed by atoms with Gasteiger partial charge in [-0.3, -0.25) is 0 Å². The lowest BCUT2D eigenvalue weighted by atomic mass is 9.73. The molecule has 0 unspecified atom stereocenters. The number of hydrogen-bond donors (Lipinski definition) is 0. The summed E-state index contributed by atoms with van der Waals surface area (Å²) in [5.41, 5.74) is 13.6. The van der Waals surface area contributed by atoms with Gasteiger partial charge in [0.05, 0.1) is 11.4 Å². The molecule has 3 heterocycles. The van der Waals surface area contributed by atoms with Gasteiger partial charge >= 0.3 is 0 Å². The van der Waals surface area contributed by atoms with Gasteiger partial charge in [0, 0.05) is 70.7 Å². The molecule has 10 aromatic rings. The number of rotatable bonds is 5. The van der Waals surface area contributed by atoms with Crippen LogP contribution in [0.15, 0.2) is 186 Å². The van der Waals surface area contributed by atoms with Crippen LogP contribution >= 0.6 is 11.3 Å². The topological polar surface area (TPSA) is 19.6 Å². The van der Waals surface area contributed by atoms with Gasteiger partial charge in [0.1, 0.15) is 11.2 Å². The minimum Gasteiger partial charge on any atom is -0.456 e. The largest absolute Gasteiger partial charge is 0.456 e. The maximum absolute atomic E-state index is 6.34. The Hall–Kier alpha value is -6.62. The number of nitrogens with zero attached hydrogens (tertiary/aromatic N) is 2. The summed E-state index contributed by atoms with van der Waals surface area (Å²) >= 11 is 1.88. The molecule has 0 fully saturated rings. The molecule has 0 spiro atoms. The number of para-hydroxylation sites is 4. The molecule has 0 N–H and O–H groups in total. The van der Waals surface area contributed by atoms with E-state index < -0.39 is 0 Å². The lowest BCUT2D eigenvalue weighted by Crippen LogP contribution is -2.30. The molecule has 0 bridgehead atoms. The summed E-state index contributed by atoms with van der Waals surface area (Å²) < 4.78 is 8.94. The smallest absolute Gasteiger partial charge is 0.137 e. The van der Waals surface area contributed by atoms with Crippen LogP contribution in [-0.4, -0.2) is 0 Å². The van der Waals surface area contributed by atoms with Gasteiger partial charge < -0.3 is 14.2 Å². The molecule has 0 atom stereocenters. The van der Waals surface area contributed by atoms with Gasteiger partial charge in [0.15, 0.2) is 0 Å². The number of fused-ring (bicyclic) bond motifs is 8. The van der Waals surface area contributed by atoms with E-state index in [0.717, 1.165) is 44.7 Å². The number of hydrogen-bond acceptors (Lipinski definition) is 4. The molecule has 0 radical (unpaired) electrons. The zero-order valence-corrected chi connectivity index (χ0v) is 31.3. The van der Waals surface area contributed by atoms with Gasteiger partial charge in [-0.15, -0.1) is 11.3 Å². The molecule has 1 aliphatic heterocycles. The Morgan fingerprint density at radius 2 is 1.09 bits per heavy atom. The van der Waals surface area contributed by atoms with Crippen LogP contribution in [0.4, 0.5) is 34.1 Å². The second-order valence-electron chi connectivity index (χ2n) is 15.0. The zero-order chi connectivity index (χ0) is 36.7. The normalized spacial score (nSPS) is 13.4. The molecular weight excluding hydrogens is 689 g/mol. The van der Waals surface area contributed by atoms with Gasteiger partial charge in [-0.2, -0.15) is 0 Å². The Labute approximate surface area is 323 Å². The molecule has 3 nitrogen and oxygen atoms in total.